The summed E-state index contributed by atoms with van der Waals surface area (Å²) in [6.07, 6.45) is 2.39. The Balaban J connectivity index is 2.30. The van der Waals surface area contributed by atoms with Gasteiger partial charge in [0.15, 0.2) is 0 Å². The molecule has 0 bridgehead atoms. The highest BCUT2D eigenvalue weighted by atomic mass is 16.7. The minimum Gasteiger partial charge on any atom is -0.465 e. The van der Waals surface area contributed by atoms with Crippen LogP contribution in [0.1, 0.15) is 25.7 Å². The second-order valence-corrected chi connectivity index (χ2v) is 4.42. The molecule has 6 nitrogen and oxygen atoms in total. The maximum absolute atomic E-state index is 11.8. The molecule has 0 atom stereocenters. The van der Waals surface area contributed by atoms with E-state index < -0.39 is 6.09 Å². The van der Waals surface area contributed by atoms with E-state index in [0.29, 0.717) is 12.5 Å². The van der Waals surface area contributed by atoms with E-state index in [4.69, 9.17) is 9.94 Å². The second kappa shape index (κ2) is 6.44. The molecule has 17 heavy (non-hydrogen) atoms. The number of hydrogen-bond acceptors (Lipinski definition) is 3. The molecule has 2 amide bonds. The normalized spacial score (nSPS) is 24.1. The molecule has 0 aromatic rings. The van der Waals surface area contributed by atoms with Gasteiger partial charge in [0.25, 0.3) is 0 Å². The van der Waals surface area contributed by atoms with Crippen LogP contribution >= 0.6 is 0 Å². The van der Waals surface area contributed by atoms with Crippen molar-refractivity contribution in [3.8, 4) is 0 Å². The molecule has 1 rings (SSSR count). The first kappa shape index (κ1) is 13.8. The molecular weight excluding hydrogens is 224 g/mol. The number of nitrogens with one attached hydrogen (secondary N) is 1. The Labute approximate surface area is 101 Å². The summed E-state index contributed by atoms with van der Waals surface area (Å²) in [4.78, 5) is 27.0. The van der Waals surface area contributed by atoms with Crippen LogP contribution in [-0.2, 0) is 9.63 Å². The van der Waals surface area contributed by atoms with E-state index in [1.807, 2.05) is 0 Å². The Morgan fingerprint density at radius 2 is 1.94 bits per heavy atom. The lowest BCUT2D eigenvalue weighted by atomic mass is 9.81. The average Bonchev–Trinajstić information content (AvgIpc) is 2.35. The molecule has 0 heterocycles. The van der Waals surface area contributed by atoms with Crippen LogP contribution < -0.4 is 5.32 Å². The smallest absolute Gasteiger partial charge is 0.404 e. The Kier molecular flexibility index (Phi) is 5.21. The predicted octanol–water partition coefficient (Wildman–Crippen LogP) is 1.08. The zero-order valence-corrected chi connectivity index (χ0v) is 10.3. The molecule has 1 saturated carbocycles. The second-order valence-electron chi connectivity index (χ2n) is 4.42. The lowest BCUT2D eigenvalue weighted by Gasteiger charge is -2.29. The number of hydroxylamine groups is 2. The predicted molar refractivity (Wildman–Crippen MR) is 61.3 cm³/mol. The maximum Gasteiger partial charge on any atom is 0.404 e. The number of amides is 2. The van der Waals surface area contributed by atoms with E-state index in [1.165, 1.54) is 12.2 Å². The van der Waals surface area contributed by atoms with Gasteiger partial charge < -0.3 is 10.4 Å². The van der Waals surface area contributed by atoms with Crippen LogP contribution in [0.15, 0.2) is 0 Å². The first-order valence-corrected chi connectivity index (χ1v) is 5.83. The van der Waals surface area contributed by atoms with Crippen LogP contribution in [0.5, 0.6) is 0 Å². The first-order valence-electron chi connectivity index (χ1n) is 5.83. The lowest BCUT2D eigenvalue weighted by molar-refractivity contribution is -0.174. The van der Waals surface area contributed by atoms with Crippen molar-refractivity contribution in [1.82, 2.24) is 10.4 Å². The van der Waals surface area contributed by atoms with Gasteiger partial charge in [0.2, 0.25) is 5.91 Å². The molecule has 0 unspecified atom stereocenters. The molecule has 0 aromatic carbocycles. The van der Waals surface area contributed by atoms with E-state index >= 15 is 0 Å². The van der Waals surface area contributed by atoms with Gasteiger partial charge in [-0.2, -0.15) is 0 Å². The molecular formula is C11H20N2O4. The van der Waals surface area contributed by atoms with Crippen LogP contribution in [0.25, 0.3) is 0 Å². The van der Waals surface area contributed by atoms with Crippen LogP contribution in [-0.4, -0.2) is 42.9 Å². The Morgan fingerprint density at radius 1 is 1.35 bits per heavy atom. The highest BCUT2D eigenvalue weighted by Gasteiger charge is 2.28. The third-order valence-electron chi connectivity index (χ3n) is 3.32. The molecule has 1 aliphatic carbocycles. The van der Waals surface area contributed by atoms with E-state index in [0.717, 1.165) is 25.7 Å². The summed E-state index contributed by atoms with van der Waals surface area (Å²) in [6, 6.07) is 0. The summed E-state index contributed by atoms with van der Waals surface area (Å²) in [5.74, 6) is 0.376. The van der Waals surface area contributed by atoms with Crippen molar-refractivity contribution in [3.63, 3.8) is 0 Å². The van der Waals surface area contributed by atoms with Crippen molar-refractivity contribution in [2.24, 2.45) is 11.8 Å². The van der Waals surface area contributed by atoms with E-state index in [-0.39, 0.29) is 11.8 Å². The van der Waals surface area contributed by atoms with Gasteiger partial charge in [-0.1, -0.05) is 0 Å². The third-order valence-corrected chi connectivity index (χ3v) is 3.32. The van der Waals surface area contributed by atoms with E-state index in [1.54, 1.807) is 7.05 Å². The number of carbonyl (C=O) groups is 2. The quantitative estimate of drug-likeness (QED) is 0.725. The maximum atomic E-state index is 11.8. The number of carbonyl (C=O) groups excluding carboxylic acids is 1. The minimum absolute atomic E-state index is 0.0112. The largest absolute Gasteiger partial charge is 0.465 e. The molecule has 0 saturated heterocycles. The van der Waals surface area contributed by atoms with Crippen LogP contribution in [0.4, 0.5) is 4.79 Å². The Morgan fingerprint density at radius 3 is 2.41 bits per heavy atom. The zero-order valence-electron chi connectivity index (χ0n) is 10.3. The van der Waals surface area contributed by atoms with Crippen LogP contribution in [0.3, 0.4) is 0 Å². The molecule has 1 aliphatic rings. The van der Waals surface area contributed by atoms with Gasteiger partial charge in [-0.3, -0.25) is 9.63 Å². The molecule has 0 spiro atoms. The minimum atomic E-state index is -0.984. The summed E-state index contributed by atoms with van der Waals surface area (Å²) >= 11 is 0. The zero-order chi connectivity index (χ0) is 12.8. The fraction of sp³-hybridized carbons (Fsp3) is 0.818. The topological polar surface area (TPSA) is 78.9 Å². The van der Waals surface area contributed by atoms with Crippen LogP contribution in [0.2, 0.25) is 0 Å². The average molecular weight is 244 g/mol. The highest BCUT2D eigenvalue weighted by molar-refractivity contribution is 5.77. The lowest BCUT2D eigenvalue weighted by Crippen LogP contribution is -2.36. The standard InChI is InChI=1S/C11H20N2O4/c1-13(17-2)10(14)9-5-3-8(4-6-9)7-12-11(15)16/h8-9,12H,3-7H2,1-2H3,(H,15,16). The summed E-state index contributed by atoms with van der Waals surface area (Å²) in [5, 5.41) is 12.2. The Hall–Kier alpha value is -1.30. The molecule has 0 radical (unpaired) electrons. The van der Waals surface area contributed by atoms with Crippen LogP contribution in [0, 0.1) is 11.8 Å². The number of carboxylic acid groups (broad SMARTS) is 1. The van der Waals surface area contributed by atoms with Gasteiger partial charge >= 0.3 is 6.09 Å². The summed E-state index contributed by atoms with van der Waals surface area (Å²) in [5.41, 5.74) is 0. The molecule has 1 fully saturated rings. The van der Waals surface area contributed by atoms with Gasteiger partial charge in [0.1, 0.15) is 0 Å². The molecule has 0 aliphatic heterocycles. The highest BCUT2D eigenvalue weighted by Crippen LogP contribution is 2.29. The van der Waals surface area contributed by atoms with Crippen molar-refractivity contribution < 1.29 is 19.5 Å². The molecule has 0 aromatic heterocycles. The third kappa shape index (κ3) is 4.22. The van der Waals surface area contributed by atoms with Crippen molar-refractivity contribution >= 4 is 12.0 Å². The number of hydrogen-bond donors (Lipinski definition) is 2. The van der Waals surface area contributed by atoms with Crippen molar-refractivity contribution in [2.45, 2.75) is 25.7 Å². The van der Waals surface area contributed by atoms with E-state index in [9.17, 15) is 9.59 Å². The van der Waals surface area contributed by atoms with Gasteiger partial charge in [-0.25, -0.2) is 9.86 Å². The number of nitrogens with zero attached hydrogens (tertiary/aromatic N) is 1. The van der Waals surface area contributed by atoms with Gasteiger partial charge in [0.05, 0.1) is 7.11 Å². The monoisotopic (exact) mass is 244 g/mol. The van der Waals surface area contributed by atoms with Crippen molar-refractivity contribution in [3.05, 3.63) is 0 Å². The van der Waals surface area contributed by atoms with Gasteiger partial charge in [-0.05, 0) is 31.6 Å². The van der Waals surface area contributed by atoms with Crippen molar-refractivity contribution in [2.75, 3.05) is 20.7 Å². The van der Waals surface area contributed by atoms with Crippen molar-refractivity contribution in [1.29, 1.82) is 0 Å². The SMILES string of the molecule is CON(C)C(=O)C1CCC(CNC(=O)O)CC1. The van der Waals surface area contributed by atoms with Gasteiger partial charge in [0, 0.05) is 19.5 Å². The fourth-order valence-corrected chi connectivity index (χ4v) is 2.19. The number of rotatable bonds is 4. The van der Waals surface area contributed by atoms with Gasteiger partial charge in [-0.15, -0.1) is 0 Å². The fourth-order valence-electron chi connectivity index (χ4n) is 2.19. The summed E-state index contributed by atoms with van der Waals surface area (Å²) in [7, 11) is 3.08. The Bertz CT molecular complexity index is 275. The molecule has 2 N–H and O–H groups in total. The molecule has 6 heteroatoms. The first-order chi connectivity index (χ1) is 8.04. The molecule has 98 valence electrons. The summed E-state index contributed by atoms with van der Waals surface area (Å²) in [6.45, 7) is 0.483. The summed E-state index contributed by atoms with van der Waals surface area (Å²) < 4.78 is 0. The van der Waals surface area contributed by atoms with E-state index in [2.05, 4.69) is 5.32 Å².